The second-order valence-corrected chi connectivity index (χ2v) is 9.07. The molecule has 0 aliphatic rings. The summed E-state index contributed by atoms with van der Waals surface area (Å²) in [4.78, 5) is 0.336. The molecule has 0 fully saturated rings. The molecule has 0 amide bonds. The van der Waals surface area contributed by atoms with Crippen molar-refractivity contribution in [3.05, 3.63) is 72.3 Å². The smallest absolute Gasteiger partial charge is 0.264 e. The third-order valence-electron chi connectivity index (χ3n) is 4.66. The number of nitrogens with one attached hydrogen (secondary N) is 1. The molecule has 0 bridgehead atoms. The van der Waals surface area contributed by atoms with E-state index >= 15 is 0 Å². The summed E-state index contributed by atoms with van der Waals surface area (Å²) in [5.74, 6) is 0.372. The summed E-state index contributed by atoms with van der Waals surface area (Å²) in [6.45, 7) is 12.0. The van der Waals surface area contributed by atoms with E-state index in [1.54, 1.807) is 12.1 Å². The molecule has 152 valence electrons. The molecule has 0 atom stereocenters. The summed E-state index contributed by atoms with van der Waals surface area (Å²) < 4.78 is 28.0. The fourth-order valence-corrected chi connectivity index (χ4v) is 4.57. The van der Waals surface area contributed by atoms with Gasteiger partial charge in [-0.2, -0.15) is 0 Å². The SMILES string of the molecule is C=CCNCCc1ccc(N(CCC)S(=O)(=O)c2ccc(C(C)C)cc2)cc1. The number of sulfonamides is 1. The van der Waals surface area contributed by atoms with Crippen molar-refractivity contribution in [1.82, 2.24) is 5.32 Å². The quantitative estimate of drug-likeness (QED) is 0.438. The Kier molecular flexibility index (Phi) is 8.27. The van der Waals surface area contributed by atoms with Gasteiger partial charge in [0.05, 0.1) is 10.6 Å². The number of rotatable bonds is 11. The lowest BCUT2D eigenvalue weighted by molar-refractivity contribution is 0.590. The van der Waals surface area contributed by atoms with Crippen LogP contribution in [0.2, 0.25) is 0 Å². The number of hydrogen-bond acceptors (Lipinski definition) is 3. The lowest BCUT2D eigenvalue weighted by Gasteiger charge is -2.24. The summed E-state index contributed by atoms with van der Waals surface area (Å²) in [5, 5.41) is 3.27. The first-order chi connectivity index (χ1) is 13.4. The Bertz CT molecular complexity index is 841. The minimum absolute atomic E-state index is 0.336. The van der Waals surface area contributed by atoms with Gasteiger partial charge in [0.2, 0.25) is 0 Å². The molecule has 5 heteroatoms. The van der Waals surface area contributed by atoms with E-state index in [0.29, 0.717) is 23.0 Å². The topological polar surface area (TPSA) is 49.4 Å². The van der Waals surface area contributed by atoms with Gasteiger partial charge in [-0.25, -0.2) is 8.42 Å². The Morgan fingerprint density at radius 3 is 2.25 bits per heavy atom. The van der Waals surface area contributed by atoms with E-state index < -0.39 is 10.0 Å². The van der Waals surface area contributed by atoms with Gasteiger partial charge in [0, 0.05) is 13.1 Å². The second-order valence-electron chi connectivity index (χ2n) is 7.21. The number of benzene rings is 2. The van der Waals surface area contributed by atoms with Gasteiger partial charge in [-0.15, -0.1) is 6.58 Å². The van der Waals surface area contributed by atoms with Crippen molar-refractivity contribution < 1.29 is 8.42 Å². The predicted octanol–water partition coefficient (Wildman–Crippen LogP) is 4.73. The first-order valence-corrected chi connectivity index (χ1v) is 11.4. The summed E-state index contributed by atoms with van der Waals surface area (Å²) in [7, 11) is -3.59. The van der Waals surface area contributed by atoms with Gasteiger partial charge in [-0.1, -0.05) is 51.1 Å². The van der Waals surface area contributed by atoms with E-state index in [1.807, 2.05) is 49.4 Å². The highest BCUT2D eigenvalue weighted by molar-refractivity contribution is 7.92. The van der Waals surface area contributed by atoms with Crippen molar-refractivity contribution in [3.63, 3.8) is 0 Å². The number of hydrogen-bond donors (Lipinski definition) is 1. The minimum atomic E-state index is -3.59. The Balaban J connectivity index is 2.22. The van der Waals surface area contributed by atoms with Gasteiger partial charge in [-0.05, 0) is 60.7 Å². The molecule has 0 aliphatic heterocycles. The van der Waals surface area contributed by atoms with Crippen LogP contribution in [0.4, 0.5) is 5.69 Å². The van der Waals surface area contributed by atoms with E-state index in [4.69, 9.17) is 0 Å². The standard InChI is InChI=1S/C23H32N2O2S/c1-5-16-24-17-15-20-7-11-22(12-8-20)25(18-6-2)28(26,27)23-13-9-21(10-14-23)19(3)4/h5,7-14,19,24H,1,6,15-18H2,2-4H3. The first-order valence-electron chi connectivity index (χ1n) is 9.93. The molecule has 2 aromatic rings. The molecule has 0 radical (unpaired) electrons. The molecule has 28 heavy (non-hydrogen) atoms. The summed E-state index contributed by atoms with van der Waals surface area (Å²) in [6.07, 6.45) is 3.48. The molecule has 1 N–H and O–H groups in total. The van der Waals surface area contributed by atoms with Crippen LogP contribution in [-0.4, -0.2) is 28.1 Å². The van der Waals surface area contributed by atoms with Crippen LogP contribution in [0.15, 0.2) is 66.1 Å². The van der Waals surface area contributed by atoms with Crippen molar-refractivity contribution in [2.24, 2.45) is 0 Å². The van der Waals surface area contributed by atoms with Gasteiger partial charge in [0.25, 0.3) is 10.0 Å². The Labute approximate surface area is 170 Å². The van der Waals surface area contributed by atoms with Gasteiger partial charge in [-0.3, -0.25) is 4.31 Å². The zero-order valence-electron chi connectivity index (χ0n) is 17.2. The average Bonchev–Trinajstić information content (AvgIpc) is 2.70. The van der Waals surface area contributed by atoms with Crippen molar-refractivity contribution in [1.29, 1.82) is 0 Å². The molecule has 0 unspecified atom stereocenters. The minimum Gasteiger partial charge on any atom is -0.313 e. The molecule has 0 saturated heterocycles. The maximum Gasteiger partial charge on any atom is 0.264 e. The van der Waals surface area contributed by atoms with Crippen LogP contribution in [0.3, 0.4) is 0 Å². The van der Waals surface area contributed by atoms with Crippen LogP contribution < -0.4 is 9.62 Å². The lowest BCUT2D eigenvalue weighted by atomic mass is 10.0. The third-order valence-corrected chi connectivity index (χ3v) is 6.51. The molecule has 0 aromatic heterocycles. The zero-order valence-corrected chi connectivity index (χ0v) is 18.0. The Morgan fingerprint density at radius 1 is 1.07 bits per heavy atom. The number of anilines is 1. The van der Waals surface area contributed by atoms with Gasteiger partial charge >= 0.3 is 0 Å². The highest BCUT2D eigenvalue weighted by Crippen LogP contribution is 2.26. The zero-order chi connectivity index (χ0) is 20.6. The van der Waals surface area contributed by atoms with E-state index in [2.05, 4.69) is 25.7 Å². The Morgan fingerprint density at radius 2 is 1.71 bits per heavy atom. The fraction of sp³-hybridized carbons (Fsp3) is 0.391. The monoisotopic (exact) mass is 400 g/mol. The van der Waals surface area contributed by atoms with Crippen molar-refractivity contribution in [3.8, 4) is 0 Å². The van der Waals surface area contributed by atoms with Crippen LogP contribution in [0.5, 0.6) is 0 Å². The van der Waals surface area contributed by atoms with Gasteiger partial charge in [0.15, 0.2) is 0 Å². The highest BCUT2D eigenvalue weighted by Gasteiger charge is 2.24. The van der Waals surface area contributed by atoms with E-state index in [0.717, 1.165) is 31.5 Å². The van der Waals surface area contributed by atoms with Crippen LogP contribution in [0, 0.1) is 0 Å². The molecular formula is C23H32N2O2S. The third kappa shape index (κ3) is 5.69. The lowest BCUT2D eigenvalue weighted by Crippen LogP contribution is -2.31. The molecule has 0 spiro atoms. The number of nitrogens with zero attached hydrogens (tertiary/aromatic N) is 1. The van der Waals surface area contributed by atoms with Crippen LogP contribution in [0.25, 0.3) is 0 Å². The van der Waals surface area contributed by atoms with E-state index in [9.17, 15) is 8.42 Å². The highest BCUT2D eigenvalue weighted by atomic mass is 32.2. The maximum absolute atomic E-state index is 13.2. The molecular weight excluding hydrogens is 368 g/mol. The van der Waals surface area contributed by atoms with Crippen molar-refractivity contribution in [2.75, 3.05) is 23.9 Å². The fourth-order valence-electron chi connectivity index (χ4n) is 3.01. The van der Waals surface area contributed by atoms with Crippen LogP contribution >= 0.6 is 0 Å². The molecule has 2 aromatic carbocycles. The summed E-state index contributed by atoms with van der Waals surface area (Å²) in [5.41, 5.74) is 3.02. The van der Waals surface area contributed by atoms with Gasteiger partial charge < -0.3 is 5.32 Å². The Hall–Kier alpha value is -2.11. The van der Waals surface area contributed by atoms with E-state index in [-0.39, 0.29) is 0 Å². The molecule has 0 aliphatic carbocycles. The summed E-state index contributed by atoms with van der Waals surface area (Å²) >= 11 is 0. The molecule has 0 heterocycles. The normalized spacial score (nSPS) is 11.6. The molecule has 0 saturated carbocycles. The van der Waals surface area contributed by atoms with Crippen LogP contribution in [-0.2, 0) is 16.4 Å². The van der Waals surface area contributed by atoms with E-state index in [1.165, 1.54) is 9.87 Å². The predicted molar refractivity (Wildman–Crippen MR) is 119 cm³/mol. The molecule has 2 rings (SSSR count). The maximum atomic E-state index is 13.2. The van der Waals surface area contributed by atoms with Crippen molar-refractivity contribution in [2.45, 2.75) is 44.4 Å². The van der Waals surface area contributed by atoms with Crippen LogP contribution in [0.1, 0.15) is 44.2 Å². The van der Waals surface area contributed by atoms with Gasteiger partial charge in [0.1, 0.15) is 0 Å². The summed E-state index contributed by atoms with van der Waals surface area (Å²) in [6, 6.07) is 15.1. The average molecular weight is 401 g/mol. The van der Waals surface area contributed by atoms with Crippen molar-refractivity contribution >= 4 is 15.7 Å². The molecule has 4 nitrogen and oxygen atoms in total. The largest absolute Gasteiger partial charge is 0.313 e. The second kappa shape index (κ2) is 10.4. The first kappa shape index (κ1) is 22.2.